The van der Waals surface area contributed by atoms with Crippen LogP contribution in [-0.4, -0.2) is 94.8 Å². The summed E-state index contributed by atoms with van der Waals surface area (Å²) in [6, 6.07) is 13.1. The van der Waals surface area contributed by atoms with E-state index in [1.807, 2.05) is 25.1 Å². The number of rotatable bonds is 13. The van der Waals surface area contributed by atoms with Crippen LogP contribution in [0.1, 0.15) is 61.6 Å². The van der Waals surface area contributed by atoms with Crippen LogP contribution in [0.3, 0.4) is 0 Å². The average molecular weight is 838 g/mol. The van der Waals surface area contributed by atoms with Crippen molar-refractivity contribution in [2.75, 3.05) is 55.7 Å². The number of aromatic nitrogens is 1. The number of Topliss-reactive ketones (excluding diaryl/α,β-unsaturated/α-hetero) is 1. The van der Waals surface area contributed by atoms with E-state index in [0.717, 1.165) is 46.9 Å². The topological polar surface area (TPSA) is 139 Å². The van der Waals surface area contributed by atoms with Crippen LogP contribution in [-0.2, 0) is 44.6 Å². The Bertz CT molecular complexity index is 2170. The van der Waals surface area contributed by atoms with Crippen molar-refractivity contribution in [2.45, 2.75) is 64.6 Å². The second kappa shape index (κ2) is 17.5. The molecule has 12 nitrogen and oxygen atoms in total. The molecule has 0 aliphatic carbocycles. The van der Waals surface area contributed by atoms with Crippen molar-refractivity contribution in [3.05, 3.63) is 81.6 Å². The maximum atomic E-state index is 13.7. The maximum Gasteiger partial charge on any atom is 0.419 e. The molecule has 4 heterocycles. The largest absolute Gasteiger partial charge is 0.492 e. The highest BCUT2D eigenvalue weighted by atomic mass is 35.5. The molecule has 1 unspecified atom stereocenters. The van der Waals surface area contributed by atoms with Crippen molar-refractivity contribution < 1.29 is 37.1 Å². The number of halogens is 4. The molecular formula is C41H43ClF3N7O5S. The van der Waals surface area contributed by atoms with Crippen molar-refractivity contribution in [3.63, 3.8) is 0 Å². The number of benzene rings is 2. The number of hydrogen-bond donors (Lipinski definition) is 1. The Balaban J connectivity index is 1.00. The van der Waals surface area contributed by atoms with Crippen LogP contribution in [0.25, 0.3) is 0 Å². The van der Waals surface area contributed by atoms with E-state index in [2.05, 4.69) is 20.1 Å². The monoisotopic (exact) mass is 837 g/mol. The Hall–Kier alpha value is -4.95. The Morgan fingerprint density at radius 3 is 2.45 bits per heavy atom. The Labute approximate surface area is 344 Å². The Morgan fingerprint density at radius 2 is 1.78 bits per heavy atom. The van der Waals surface area contributed by atoms with Gasteiger partial charge in [0.05, 0.1) is 24.0 Å². The third kappa shape index (κ3) is 9.33. The zero-order valence-corrected chi connectivity index (χ0v) is 33.9. The molecule has 3 aliphatic rings. The molecule has 3 saturated heterocycles. The van der Waals surface area contributed by atoms with Crippen LogP contribution in [0.15, 0.2) is 48.7 Å². The minimum atomic E-state index is -4.86. The summed E-state index contributed by atoms with van der Waals surface area (Å²) in [6.45, 7) is 9.53. The molecule has 6 rings (SSSR count). The van der Waals surface area contributed by atoms with Crippen LogP contribution >= 0.6 is 23.8 Å². The molecule has 3 aromatic rings. The average Bonchev–Trinajstić information content (AvgIpc) is 3.36. The molecule has 2 aromatic carbocycles. The van der Waals surface area contributed by atoms with E-state index in [1.54, 1.807) is 36.9 Å². The lowest BCUT2D eigenvalue weighted by Crippen LogP contribution is -2.49. The van der Waals surface area contributed by atoms with Gasteiger partial charge in [-0.25, -0.2) is 4.98 Å². The standard InChI is InChI=1S/C41H43ClF3N7O5S/c1-4-26-19-29(52-39(58)51(38(56)40(52,2)3)30-21-32(41(43,44)45)34(22-46)47-23-30)7-9-35(26)57-16-15-49-11-13-50(14-12-49)24-31(53)20-28-18-25(5-8-33(28)42)17-27-6-10-36(54)48-37(27)55/h5,7-9,18-19,21,23,27H,4,6,10-17,20,24H2,1-3H3,(H,48,54,55). The van der Waals surface area contributed by atoms with Crippen molar-refractivity contribution in [2.24, 2.45) is 5.92 Å². The van der Waals surface area contributed by atoms with Crippen LogP contribution in [0.2, 0.25) is 5.02 Å². The van der Waals surface area contributed by atoms with Gasteiger partial charge in [-0.3, -0.25) is 39.2 Å². The second-order valence-corrected chi connectivity index (χ2v) is 15.9. The van der Waals surface area contributed by atoms with Crippen LogP contribution in [0.4, 0.5) is 24.5 Å². The van der Waals surface area contributed by atoms with Crippen molar-refractivity contribution >= 4 is 63.8 Å². The summed E-state index contributed by atoms with van der Waals surface area (Å²) < 4.78 is 47.4. The molecule has 1 N–H and O–H groups in total. The number of piperazine rings is 1. The molecular weight excluding hydrogens is 795 g/mol. The zero-order chi connectivity index (χ0) is 41.9. The van der Waals surface area contributed by atoms with Gasteiger partial charge in [0.15, 0.2) is 16.6 Å². The fourth-order valence-corrected chi connectivity index (χ4v) is 8.25. The van der Waals surface area contributed by atoms with Gasteiger partial charge >= 0.3 is 6.18 Å². The molecule has 3 aliphatic heterocycles. The molecule has 0 saturated carbocycles. The van der Waals surface area contributed by atoms with Gasteiger partial charge in [-0.1, -0.05) is 30.7 Å². The lowest BCUT2D eigenvalue weighted by Gasteiger charge is -2.34. The number of nitrogens with zero attached hydrogens (tertiary/aromatic N) is 6. The lowest BCUT2D eigenvalue weighted by atomic mass is 9.90. The van der Waals surface area contributed by atoms with E-state index in [-0.39, 0.29) is 40.7 Å². The van der Waals surface area contributed by atoms with Crippen molar-refractivity contribution in [1.82, 2.24) is 20.1 Å². The number of pyridine rings is 1. The summed E-state index contributed by atoms with van der Waals surface area (Å²) in [7, 11) is 0. The van der Waals surface area contributed by atoms with Gasteiger partial charge in [0, 0.05) is 62.2 Å². The fraction of sp³-hybridized carbons (Fsp3) is 0.439. The number of imide groups is 1. The normalized spacial score (nSPS) is 19.0. The predicted molar refractivity (Wildman–Crippen MR) is 215 cm³/mol. The van der Waals surface area contributed by atoms with E-state index in [4.69, 9.17) is 33.8 Å². The first kappa shape index (κ1) is 42.7. The number of ketones is 1. The quantitative estimate of drug-likeness (QED) is 0.172. The summed E-state index contributed by atoms with van der Waals surface area (Å²) in [5.74, 6) is -0.654. The maximum absolute atomic E-state index is 13.7. The van der Waals surface area contributed by atoms with Gasteiger partial charge in [-0.05, 0) is 92.4 Å². The minimum Gasteiger partial charge on any atom is -0.492 e. The number of amides is 3. The van der Waals surface area contributed by atoms with Gasteiger partial charge in [0.1, 0.15) is 24.0 Å². The van der Waals surface area contributed by atoms with Gasteiger partial charge < -0.3 is 9.64 Å². The van der Waals surface area contributed by atoms with E-state index in [0.29, 0.717) is 74.9 Å². The number of thiocarbonyl (C=S) groups is 1. The summed E-state index contributed by atoms with van der Waals surface area (Å²) in [4.78, 5) is 61.2. The van der Waals surface area contributed by atoms with Crippen LogP contribution in [0.5, 0.6) is 5.75 Å². The van der Waals surface area contributed by atoms with E-state index < -0.39 is 28.9 Å². The Morgan fingerprint density at radius 1 is 1.05 bits per heavy atom. The first-order valence-electron chi connectivity index (χ1n) is 19.0. The predicted octanol–water partition coefficient (Wildman–Crippen LogP) is 5.51. The fourth-order valence-electron chi connectivity index (χ4n) is 7.54. The lowest BCUT2D eigenvalue weighted by molar-refractivity contribution is -0.138. The summed E-state index contributed by atoms with van der Waals surface area (Å²) in [5.41, 5.74) is -0.442. The summed E-state index contributed by atoms with van der Waals surface area (Å²) >= 11 is 12.1. The van der Waals surface area contributed by atoms with Gasteiger partial charge in [-0.15, -0.1) is 0 Å². The van der Waals surface area contributed by atoms with Crippen LogP contribution in [0, 0.1) is 17.2 Å². The zero-order valence-electron chi connectivity index (χ0n) is 32.3. The smallest absolute Gasteiger partial charge is 0.419 e. The third-order valence-corrected chi connectivity index (χ3v) is 11.5. The number of carbonyl (C=O) groups is 4. The number of nitriles is 1. The molecule has 0 spiro atoms. The summed E-state index contributed by atoms with van der Waals surface area (Å²) in [5, 5.41) is 12.0. The van der Waals surface area contributed by atoms with Crippen molar-refractivity contribution in [1.29, 1.82) is 5.26 Å². The molecule has 1 atom stereocenters. The number of ether oxygens (including phenoxy) is 1. The number of aryl methyl sites for hydroxylation is 1. The SMILES string of the molecule is CCc1cc(N2C(=S)N(c3cnc(C#N)c(C(F)(F)F)c3)C(=O)C2(C)C)ccc1OCCN1CCN(CC(=O)Cc2cc(CC3CCC(=O)NC3=O)ccc2Cl)CC1. The van der Waals surface area contributed by atoms with E-state index in [9.17, 15) is 32.3 Å². The van der Waals surface area contributed by atoms with Gasteiger partial charge in [-0.2, -0.15) is 18.4 Å². The van der Waals surface area contributed by atoms with Gasteiger partial charge in [0.25, 0.3) is 5.91 Å². The molecule has 3 fully saturated rings. The summed E-state index contributed by atoms with van der Waals surface area (Å²) in [6.07, 6.45) is -1.76. The minimum absolute atomic E-state index is 0.0220. The first-order valence-corrected chi connectivity index (χ1v) is 19.8. The third-order valence-electron chi connectivity index (χ3n) is 10.8. The molecule has 17 heteroatoms. The molecule has 0 radical (unpaired) electrons. The second-order valence-electron chi connectivity index (χ2n) is 15.1. The molecule has 0 bridgehead atoms. The van der Waals surface area contributed by atoms with E-state index in [1.165, 1.54) is 6.07 Å². The number of nitrogens with one attached hydrogen (secondary N) is 1. The number of anilines is 2. The number of hydrogen-bond acceptors (Lipinski definition) is 10. The number of alkyl halides is 3. The van der Waals surface area contributed by atoms with Crippen LogP contribution < -0.4 is 19.9 Å². The first-order chi connectivity index (χ1) is 27.5. The van der Waals surface area contributed by atoms with Gasteiger partial charge in [0.2, 0.25) is 11.8 Å². The highest BCUT2D eigenvalue weighted by Gasteiger charge is 2.51. The van der Waals surface area contributed by atoms with Crippen molar-refractivity contribution in [3.8, 4) is 11.8 Å². The Kier molecular flexibility index (Phi) is 12.9. The molecule has 3 amide bonds. The highest BCUT2D eigenvalue weighted by molar-refractivity contribution is 7.81. The molecule has 58 heavy (non-hydrogen) atoms. The number of piperidine rings is 1. The number of carbonyl (C=O) groups excluding carboxylic acids is 4. The van der Waals surface area contributed by atoms with E-state index >= 15 is 0 Å². The molecule has 1 aromatic heterocycles. The highest BCUT2D eigenvalue weighted by Crippen LogP contribution is 2.40. The molecule has 306 valence electrons.